The summed E-state index contributed by atoms with van der Waals surface area (Å²) in [4.78, 5) is 8.25. The third-order valence-electron chi connectivity index (χ3n) is 2.96. The molecule has 3 rings (SSSR count). The molecule has 20 heavy (non-hydrogen) atoms. The number of aromatic nitrogens is 2. The lowest BCUT2D eigenvalue weighted by molar-refractivity contribution is -0.137. The van der Waals surface area contributed by atoms with Crippen molar-refractivity contribution in [1.82, 2.24) is 9.97 Å². The predicted molar refractivity (Wildman–Crippen MR) is 70.0 cm³/mol. The van der Waals surface area contributed by atoms with E-state index in [0.717, 1.165) is 11.5 Å². The second kappa shape index (κ2) is 4.59. The van der Waals surface area contributed by atoms with Gasteiger partial charge in [-0.3, -0.25) is 0 Å². The van der Waals surface area contributed by atoms with Crippen molar-refractivity contribution < 1.29 is 13.2 Å². The van der Waals surface area contributed by atoms with Gasteiger partial charge in [-0.05, 0) is 12.1 Å². The van der Waals surface area contributed by atoms with Crippen LogP contribution >= 0.6 is 0 Å². The van der Waals surface area contributed by atoms with E-state index in [9.17, 15) is 13.2 Å². The Morgan fingerprint density at radius 3 is 2.35 bits per heavy atom. The summed E-state index contributed by atoms with van der Waals surface area (Å²) in [6.45, 7) is 0. The minimum atomic E-state index is -4.43. The first kappa shape index (κ1) is 12.6. The maximum Gasteiger partial charge on any atom is 0.417 e. The van der Waals surface area contributed by atoms with Gasteiger partial charge in [0, 0.05) is 17.1 Å². The van der Waals surface area contributed by atoms with Crippen LogP contribution in [0.15, 0.2) is 54.7 Å². The molecule has 0 amide bonds. The zero-order valence-corrected chi connectivity index (χ0v) is 10.2. The zero-order valence-electron chi connectivity index (χ0n) is 10.2. The lowest BCUT2D eigenvalue weighted by Crippen LogP contribution is -2.07. The minimum Gasteiger partial charge on any atom is -0.236 e. The number of halogens is 3. The third kappa shape index (κ3) is 2.22. The fraction of sp³-hybridized carbons (Fsp3) is 0.0667. The Morgan fingerprint density at radius 2 is 1.55 bits per heavy atom. The molecule has 0 saturated heterocycles. The Kier molecular flexibility index (Phi) is 2.89. The number of rotatable bonds is 1. The van der Waals surface area contributed by atoms with Crippen molar-refractivity contribution in [2.24, 2.45) is 0 Å². The van der Waals surface area contributed by atoms with Crippen LogP contribution in [0.5, 0.6) is 0 Å². The van der Waals surface area contributed by atoms with Crippen molar-refractivity contribution in [2.45, 2.75) is 6.18 Å². The summed E-state index contributed by atoms with van der Waals surface area (Å²) in [6, 6.07) is 12.5. The highest BCUT2D eigenvalue weighted by Crippen LogP contribution is 2.35. The van der Waals surface area contributed by atoms with Gasteiger partial charge in [0.2, 0.25) is 0 Å². The molecular weight excluding hydrogens is 265 g/mol. The van der Waals surface area contributed by atoms with E-state index in [4.69, 9.17) is 0 Å². The fourth-order valence-corrected chi connectivity index (χ4v) is 2.03. The predicted octanol–water partition coefficient (Wildman–Crippen LogP) is 4.32. The molecule has 0 spiro atoms. The highest BCUT2D eigenvalue weighted by molar-refractivity contribution is 5.79. The van der Waals surface area contributed by atoms with Crippen molar-refractivity contribution in [2.75, 3.05) is 0 Å². The molecule has 100 valence electrons. The minimum absolute atomic E-state index is 0.00856. The zero-order chi connectivity index (χ0) is 14.2. The van der Waals surface area contributed by atoms with E-state index in [-0.39, 0.29) is 11.4 Å². The van der Waals surface area contributed by atoms with Gasteiger partial charge in [0.15, 0.2) is 5.82 Å². The van der Waals surface area contributed by atoms with Crippen LogP contribution in [0.2, 0.25) is 0 Å². The fourth-order valence-electron chi connectivity index (χ4n) is 2.03. The van der Waals surface area contributed by atoms with Crippen molar-refractivity contribution in [3.63, 3.8) is 0 Å². The van der Waals surface area contributed by atoms with Crippen LogP contribution in [0.3, 0.4) is 0 Å². The Labute approximate surface area is 112 Å². The molecule has 3 aromatic rings. The van der Waals surface area contributed by atoms with Crippen LogP contribution in [0.1, 0.15) is 5.56 Å². The summed E-state index contributed by atoms with van der Waals surface area (Å²) in [5.41, 5.74) is -0.115. The van der Waals surface area contributed by atoms with Crippen LogP contribution in [-0.4, -0.2) is 9.97 Å². The summed E-state index contributed by atoms with van der Waals surface area (Å²) in [7, 11) is 0. The molecule has 0 saturated carbocycles. The van der Waals surface area contributed by atoms with Crippen molar-refractivity contribution >= 4 is 10.9 Å². The summed E-state index contributed by atoms with van der Waals surface area (Å²) < 4.78 is 39.0. The first-order valence-corrected chi connectivity index (χ1v) is 5.94. The first-order chi connectivity index (χ1) is 9.55. The lowest BCUT2D eigenvalue weighted by atomic mass is 10.1. The second-order valence-electron chi connectivity index (χ2n) is 4.30. The maximum atomic E-state index is 13.0. The van der Waals surface area contributed by atoms with Gasteiger partial charge in [-0.15, -0.1) is 0 Å². The van der Waals surface area contributed by atoms with Gasteiger partial charge < -0.3 is 0 Å². The molecule has 0 atom stereocenters. The highest BCUT2D eigenvalue weighted by atomic mass is 19.4. The van der Waals surface area contributed by atoms with Gasteiger partial charge in [0.05, 0.1) is 11.1 Å². The van der Waals surface area contributed by atoms with Crippen LogP contribution in [0, 0.1) is 0 Å². The molecule has 1 aromatic heterocycles. The van der Waals surface area contributed by atoms with Crippen molar-refractivity contribution in [3.8, 4) is 11.4 Å². The van der Waals surface area contributed by atoms with E-state index in [0.29, 0.717) is 5.52 Å². The molecule has 0 aliphatic rings. The molecule has 0 bridgehead atoms. The number of hydrogen-bond acceptors (Lipinski definition) is 2. The number of benzene rings is 2. The normalized spacial score (nSPS) is 11.8. The van der Waals surface area contributed by atoms with E-state index in [1.165, 1.54) is 18.3 Å². The van der Waals surface area contributed by atoms with Gasteiger partial charge in [0.1, 0.15) is 0 Å². The summed E-state index contributed by atoms with van der Waals surface area (Å²) >= 11 is 0. The topological polar surface area (TPSA) is 25.8 Å². The summed E-state index contributed by atoms with van der Waals surface area (Å²) in [6.07, 6.45) is -2.89. The summed E-state index contributed by atoms with van der Waals surface area (Å²) in [5.74, 6) is 0.0802. The lowest BCUT2D eigenvalue weighted by Gasteiger charge is -2.11. The maximum absolute atomic E-state index is 13.0. The molecule has 0 fully saturated rings. The van der Waals surface area contributed by atoms with Crippen molar-refractivity contribution in [3.05, 3.63) is 60.3 Å². The standard InChI is InChI=1S/C15H9F3N2/c16-15(17,18)12-7-3-2-6-11(12)14-19-9-10-5-1-4-8-13(10)20-14/h1-9H. The molecule has 2 aromatic carbocycles. The number of fused-ring (bicyclic) bond motifs is 1. The van der Waals surface area contributed by atoms with Gasteiger partial charge >= 0.3 is 6.18 Å². The molecule has 0 aliphatic heterocycles. The van der Waals surface area contributed by atoms with E-state index in [1.54, 1.807) is 18.2 Å². The molecule has 2 nitrogen and oxygen atoms in total. The van der Waals surface area contributed by atoms with E-state index >= 15 is 0 Å². The highest BCUT2D eigenvalue weighted by Gasteiger charge is 2.33. The van der Waals surface area contributed by atoms with Gasteiger partial charge in [0.25, 0.3) is 0 Å². The SMILES string of the molecule is FC(F)(F)c1ccccc1-c1ncc2ccccc2n1. The van der Waals surface area contributed by atoms with Crippen LogP contribution < -0.4 is 0 Å². The first-order valence-electron chi connectivity index (χ1n) is 5.94. The van der Waals surface area contributed by atoms with Crippen LogP contribution in [0.25, 0.3) is 22.3 Å². The monoisotopic (exact) mass is 274 g/mol. The average Bonchev–Trinajstić information content (AvgIpc) is 2.46. The molecule has 0 aliphatic carbocycles. The van der Waals surface area contributed by atoms with Gasteiger partial charge in [-0.1, -0.05) is 36.4 Å². The largest absolute Gasteiger partial charge is 0.417 e. The molecule has 1 heterocycles. The molecular formula is C15H9F3N2. The number of nitrogens with zero attached hydrogens (tertiary/aromatic N) is 2. The Bertz CT molecular complexity index is 766. The Morgan fingerprint density at radius 1 is 0.850 bits per heavy atom. The average molecular weight is 274 g/mol. The number of hydrogen-bond donors (Lipinski definition) is 0. The molecule has 0 radical (unpaired) electrons. The molecule has 0 N–H and O–H groups in total. The van der Waals surface area contributed by atoms with E-state index in [1.807, 2.05) is 12.1 Å². The summed E-state index contributed by atoms with van der Waals surface area (Å²) in [5, 5.41) is 0.792. The second-order valence-corrected chi connectivity index (χ2v) is 4.30. The van der Waals surface area contributed by atoms with Crippen molar-refractivity contribution in [1.29, 1.82) is 0 Å². The smallest absolute Gasteiger partial charge is 0.236 e. The van der Waals surface area contributed by atoms with Gasteiger partial charge in [-0.2, -0.15) is 13.2 Å². The third-order valence-corrected chi connectivity index (χ3v) is 2.96. The van der Waals surface area contributed by atoms with Gasteiger partial charge in [-0.25, -0.2) is 9.97 Å². The Balaban J connectivity index is 2.21. The molecule has 5 heteroatoms. The van der Waals surface area contributed by atoms with Crippen LogP contribution in [0.4, 0.5) is 13.2 Å². The quantitative estimate of drug-likeness (QED) is 0.660. The van der Waals surface area contributed by atoms with Crippen LogP contribution in [-0.2, 0) is 6.18 Å². The van der Waals surface area contributed by atoms with E-state index < -0.39 is 11.7 Å². The Hall–Kier alpha value is -2.43. The number of para-hydroxylation sites is 1. The number of alkyl halides is 3. The molecule has 0 unspecified atom stereocenters. The van der Waals surface area contributed by atoms with E-state index in [2.05, 4.69) is 9.97 Å².